The van der Waals surface area contributed by atoms with Crippen molar-refractivity contribution < 1.29 is 5.11 Å². The van der Waals surface area contributed by atoms with Crippen molar-refractivity contribution in [1.29, 1.82) is 0 Å². The van der Waals surface area contributed by atoms with Crippen LogP contribution in [0.25, 0.3) is 0 Å². The fourth-order valence-electron chi connectivity index (χ4n) is 2.76. The lowest BCUT2D eigenvalue weighted by Gasteiger charge is -2.50. The number of rotatable bonds is 3. The number of aliphatic hydroxyl groups excluding tert-OH is 1. The van der Waals surface area contributed by atoms with Crippen LogP contribution in [0.5, 0.6) is 0 Å². The fourth-order valence-corrected chi connectivity index (χ4v) is 2.76. The van der Waals surface area contributed by atoms with Crippen LogP contribution in [0.4, 0.5) is 5.69 Å². The normalized spacial score (nSPS) is 23.6. The molecular formula is C16H26N2O. The summed E-state index contributed by atoms with van der Waals surface area (Å²) in [5.74, 6) is 0. The molecule has 1 aliphatic rings. The number of hydrogen-bond donors (Lipinski definition) is 1. The molecule has 0 bridgehead atoms. The third-order valence-corrected chi connectivity index (χ3v) is 4.34. The molecule has 0 amide bonds. The number of anilines is 1. The second kappa shape index (κ2) is 5.51. The first-order chi connectivity index (χ1) is 8.94. The number of hydrogen-bond acceptors (Lipinski definition) is 3. The lowest BCUT2D eigenvalue weighted by atomic mass is 9.94. The first-order valence-corrected chi connectivity index (χ1v) is 7.09. The van der Waals surface area contributed by atoms with Crippen molar-refractivity contribution in [3.05, 3.63) is 29.8 Å². The van der Waals surface area contributed by atoms with Gasteiger partial charge in [0, 0.05) is 37.0 Å². The lowest BCUT2D eigenvalue weighted by Crippen LogP contribution is -2.62. The summed E-state index contributed by atoms with van der Waals surface area (Å²) in [6.45, 7) is 8.93. The first-order valence-electron chi connectivity index (χ1n) is 7.09. The molecule has 2 rings (SSSR count). The quantitative estimate of drug-likeness (QED) is 0.905. The highest BCUT2D eigenvalue weighted by Crippen LogP contribution is 2.29. The van der Waals surface area contributed by atoms with Crippen molar-refractivity contribution in [2.45, 2.75) is 38.8 Å². The molecule has 3 nitrogen and oxygen atoms in total. The van der Waals surface area contributed by atoms with Crippen LogP contribution in [0.2, 0.25) is 0 Å². The van der Waals surface area contributed by atoms with E-state index in [1.807, 2.05) is 0 Å². The molecule has 0 aromatic heterocycles. The topological polar surface area (TPSA) is 26.7 Å². The van der Waals surface area contributed by atoms with Crippen molar-refractivity contribution in [2.75, 3.05) is 31.6 Å². The van der Waals surface area contributed by atoms with E-state index < -0.39 is 0 Å². The van der Waals surface area contributed by atoms with Crippen molar-refractivity contribution in [3.8, 4) is 0 Å². The number of aryl methyl sites for hydroxylation is 1. The van der Waals surface area contributed by atoms with Gasteiger partial charge in [-0.15, -0.1) is 0 Å². The zero-order valence-corrected chi connectivity index (χ0v) is 12.6. The van der Waals surface area contributed by atoms with Gasteiger partial charge in [0.15, 0.2) is 0 Å². The molecule has 0 saturated carbocycles. The number of benzene rings is 1. The summed E-state index contributed by atoms with van der Waals surface area (Å²) in [6.07, 6.45) is 0.828. The van der Waals surface area contributed by atoms with E-state index in [-0.39, 0.29) is 12.1 Å². The Morgan fingerprint density at radius 1 is 1.26 bits per heavy atom. The SMILES string of the molecule is Cc1ccc(N2CC(C)(C)N(C)CC2CCO)cc1. The molecule has 1 atom stereocenters. The largest absolute Gasteiger partial charge is 0.396 e. The third-order valence-electron chi connectivity index (χ3n) is 4.34. The van der Waals surface area contributed by atoms with E-state index in [4.69, 9.17) is 0 Å². The maximum Gasteiger partial charge on any atom is 0.0451 e. The summed E-state index contributed by atoms with van der Waals surface area (Å²) < 4.78 is 0. The third kappa shape index (κ3) is 3.10. The van der Waals surface area contributed by atoms with Gasteiger partial charge in [0.25, 0.3) is 0 Å². The van der Waals surface area contributed by atoms with E-state index >= 15 is 0 Å². The average Bonchev–Trinajstić information content (AvgIpc) is 2.35. The van der Waals surface area contributed by atoms with Gasteiger partial charge in [-0.1, -0.05) is 17.7 Å². The highest BCUT2D eigenvalue weighted by Gasteiger charge is 2.36. The Kier molecular flexibility index (Phi) is 4.16. The van der Waals surface area contributed by atoms with E-state index in [0.29, 0.717) is 6.04 Å². The van der Waals surface area contributed by atoms with Gasteiger partial charge in [0.05, 0.1) is 0 Å². The van der Waals surface area contributed by atoms with Gasteiger partial charge < -0.3 is 10.0 Å². The molecule has 1 N–H and O–H groups in total. The van der Waals surface area contributed by atoms with Crippen LogP contribution in [0, 0.1) is 6.92 Å². The van der Waals surface area contributed by atoms with E-state index in [0.717, 1.165) is 19.5 Å². The number of piperazine rings is 1. The van der Waals surface area contributed by atoms with Gasteiger partial charge in [-0.2, -0.15) is 0 Å². The first kappa shape index (κ1) is 14.4. The lowest BCUT2D eigenvalue weighted by molar-refractivity contribution is 0.105. The molecule has 1 aliphatic heterocycles. The Morgan fingerprint density at radius 2 is 1.89 bits per heavy atom. The standard InChI is InChI=1S/C16H26N2O/c1-13-5-7-14(8-6-13)18-12-16(2,3)17(4)11-15(18)9-10-19/h5-8,15,19H,9-12H2,1-4H3. The molecule has 1 saturated heterocycles. The zero-order chi connectivity index (χ0) is 14.0. The molecule has 1 unspecified atom stereocenters. The van der Waals surface area contributed by atoms with Gasteiger partial charge in [0.1, 0.15) is 0 Å². The van der Waals surface area contributed by atoms with E-state index in [1.165, 1.54) is 11.3 Å². The Balaban J connectivity index is 2.25. The minimum Gasteiger partial charge on any atom is -0.396 e. The van der Waals surface area contributed by atoms with Gasteiger partial charge in [-0.25, -0.2) is 0 Å². The molecule has 1 heterocycles. The molecule has 0 radical (unpaired) electrons. The van der Waals surface area contributed by atoms with Crippen molar-refractivity contribution in [1.82, 2.24) is 4.90 Å². The van der Waals surface area contributed by atoms with Crippen LogP contribution in [0.1, 0.15) is 25.8 Å². The zero-order valence-electron chi connectivity index (χ0n) is 12.6. The summed E-state index contributed by atoms with van der Waals surface area (Å²) in [5.41, 5.74) is 2.72. The molecule has 0 spiro atoms. The monoisotopic (exact) mass is 262 g/mol. The highest BCUT2D eigenvalue weighted by atomic mass is 16.3. The molecule has 0 aliphatic carbocycles. The van der Waals surface area contributed by atoms with Crippen molar-refractivity contribution in [3.63, 3.8) is 0 Å². The molecule has 1 fully saturated rings. The van der Waals surface area contributed by atoms with Crippen LogP contribution >= 0.6 is 0 Å². The maximum absolute atomic E-state index is 9.30. The Morgan fingerprint density at radius 3 is 2.47 bits per heavy atom. The molecule has 106 valence electrons. The Labute approximate surface area is 116 Å². The van der Waals surface area contributed by atoms with Crippen LogP contribution < -0.4 is 4.90 Å². The summed E-state index contributed by atoms with van der Waals surface area (Å²) >= 11 is 0. The summed E-state index contributed by atoms with van der Waals surface area (Å²) in [5, 5.41) is 9.30. The second-order valence-electron chi connectivity index (χ2n) is 6.32. The summed E-state index contributed by atoms with van der Waals surface area (Å²) in [6, 6.07) is 9.11. The molecular weight excluding hydrogens is 236 g/mol. The summed E-state index contributed by atoms with van der Waals surface area (Å²) in [4.78, 5) is 4.85. The molecule has 1 aromatic rings. The minimum absolute atomic E-state index is 0.164. The van der Waals surface area contributed by atoms with Crippen LogP contribution in [-0.4, -0.2) is 48.3 Å². The van der Waals surface area contributed by atoms with Crippen molar-refractivity contribution in [2.24, 2.45) is 0 Å². The molecule has 1 aromatic carbocycles. The van der Waals surface area contributed by atoms with E-state index in [9.17, 15) is 5.11 Å². The second-order valence-corrected chi connectivity index (χ2v) is 6.32. The number of aliphatic hydroxyl groups is 1. The van der Waals surface area contributed by atoms with Gasteiger partial charge in [-0.3, -0.25) is 4.90 Å². The van der Waals surface area contributed by atoms with Crippen LogP contribution in [0.3, 0.4) is 0 Å². The van der Waals surface area contributed by atoms with Crippen molar-refractivity contribution >= 4 is 5.69 Å². The number of nitrogens with zero attached hydrogens (tertiary/aromatic N) is 2. The molecule has 3 heteroatoms. The molecule has 19 heavy (non-hydrogen) atoms. The minimum atomic E-state index is 0.164. The van der Waals surface area contributed by atoms with Crippen LogP contribution in [0.15, 0.2) is 24.3 Å². The van der Waals surface area contributed by atoms with Crippen LogP contribution in [-0.2, 0) is 0 Å². The maximum atomic E-state index is 9.30. The highest BCUT2D eigenvalue weighted by molar-refractivity contribution is 5.49. The Hall–Kier alpha value is -1.06. The van der Waals surface area contributed by atoms with Gasteiger partial charge in [0.2, 0.25) is 0 Å². The predicted octanol–water partition coefficient (Wildman–Crippen LogP) is 2.28. The fraction of sp³-hybridized carbons (Fsp3) is 0.625. The van der Waals surface area contributed by atoms with Gasteiger partial charge >= 0.3 is 0 Å². The number of likely N-dealkylation sites (N-methyl/N-ethyl adjacent to an activating group) is 1. The summed E-state index contributed by atoms with van der Waals surface area (Å²) in [7, 11) is 2.18. The van der Waals surface area contributed by atoms with E-state index in [1.54, 1.807) is 0 Å². The smallest absolute Gasteiger partial charge is 0.0451 e. The van der Waals surface area contributed by atoms with E-state index in [2.05, 4.69) is 61.9 Å². The Bertz CT molecular complexity index is 413. The predicted molar refractivity (Wildman–Crippen MR) is 80.7 cm³/mol. The average molecular weight is 262 g/mol. The van der Waals surface area contributed by atoms with Gasteiger partial charge in [-0.05, 0) is 46.4 Å².